The minimum Gasteiger partial charge on any atom is -0.259 e. The molecule has 0 atom stereocenters. The molecule has 0 bridgehead atoms. The Morgan fingerprint density at radius 2 is 1.94 bits per heavy atom. The molecule has 1 rings (SSSR count). The van der Waals surface area contributed by atoms with Crippen LogP contribution in [-0.2, 0) is 4.79 Å². The molecule has 5 heteroatoms. The van der Waals surface area contributed by atoms with Crippen molar-refractivity contribution in [2.24, 2.45) is 0 Å². The number of rotatable bonds is 2. The van der Waals surface area contributed by atoms with Crippen molar-refractivity contribution in [3.63, 3.8) is 0 Å². The second-order valence-electron chi connectivity index (χ2n) is 3.29. The van der Waals surface area contributed by atoms with E-state index in [0.29, 0.717) is 5.56 Å². The van der Waals surface area contributed by atoms with Crippen LogP contribution in [0.2, 0.25) is 0 Å². The SMILES string of the molecule is C=CCN(C(=O)C#Cc1ccccc1)C(F)(F)F. The number of hydrogen-bond acceptors (Lipinski definition) is 1. The van der Waals surface area contributed by atoms with Crippen molar-refractivity contribution in [1.29, 1.82) is 0 Å². The molecule has 0 saturated carbocycles. The molecule has 0 aliphatic carbocycles. The van der Waals surface area contributed by atoms with Gasteiger partial charge in [0.2, 0.25) is 0 Å². The van der Waals surface area contributed by atoms with Crippen molar-refractivity contribution in [1.82, 2.24) is 4.90 Å². The van der Waals surface area contributed by atoms with Crippen LogP contribution in [0.1, 0.15) is 5.56 Å². The molecule has 0 spiro atoms. The van der Waals surface area contributed by atoms with Gasteiger partial charge in [0, 0.05) is 18.0 Å². The highest BCUT2D eigenvalue weighted by molar-refractivity contribution is 5.94. The normalized spacial score (nSPS) is 10.2. The van der Waals surface area contributed by atoms with Crippen molar-refractivity contribution in [2.45, 2.75) is 6.30 Å². The Bertz CT molecular complexity index is 482. The van der Waals surface area contributed by atoms with Gasteiger partial charge in [-0.2, -0.15) is 0 Å². The Morgan fingerprint density at radius 3 is 2.44 bits per heavy atom. The standard InChI is InChI=1S/C13H10F3NO/c1-2-10-17(13(14,15)16)12(18)9-8-11-6-4-3-5-7-11/h2-7H,1,10H2. The predicted molar refractivity (Wildman–Crippen MR) is 61.3 cm³/mol. The first-order chi connectivity index (χ1) is 8.45. The molecule has 0 radical (unpaired) electrons. The predicted octanol–water partition coefficient (Wildman–Crippen LogP) is 2.57. The topological polar surface area (TPSA) is 20.3 Å². The summed E-state index contributed by atoms with van der Waals surface area (Å²) in [7, 11) is 0. The van der Waals surface area contributed by atoms with Crippen LogP contribution in [0.3, 0.4) is 0 Å². The molecule has 18 heavy (non-hydrogen) atoms. The zero-order valence-corrected chi connectivity index (χ0v) is 9.37. The van der Waals surface area contributed by atoms with Crippen molar-refractivity contribution < 1.29 is 18.0 Å². The van der Waals surface area contributed by atoms with E-state index < -0.39 is 18.8 Å². The van der Waals surface area contributed by atoms with Crippen LogP contribution in [0.5, 0.6) is 0 Å². The third kappa shape index (κ3) is 3.98. The molecular formula is C13H10F3NO. The summed E-state index contributed by atoms with van der Waals surface area (Å²) in [4.78, 5) is 11.0. The van der Waals surface area contributed by atoms with Gasteiger partial charge in [0.15, 0.2) is 0 Å². The quantitative estimate of drug-likeness (QED) is 0.450. The summed E-state index contributed by atoms with van der Waals surface area (Å²) in [6.07, 6.45) is -3.76. The zero-order valence-electron chi connectivity index (χ0n) is 9.37. The van der Waals surface area contributed by atoms with Crippen LogP contribution < -0.4 is 0 Å². The van der Waals surface area contributed by atoms with Gasteiger partial charge in [-0.3, -0.25) is 4.79 Å². The van der Waals surface area contributed by atoms with Crippen LogP contribution in [0.15, 0.2) is 43.0 Å². The van der Waals surface area contributed by atoms with Gasteiger partial charge in [-0.25, -0.2) is 4.90 Å². The maximum absolute atomic E-state index is 12.5. The summed E-state index contributed by atoms with van der Waals surface area (Å²) >= 11 is 0. The minimum atomic E-state index is -4.75. The van der Waals surface area contributed by atoms with Crippen molar-refractivity contribution >= 4 is 5.91 Å². The van der Waals surface area contributed by atoms with E-state index in [4.69, 9.17) is 0 Å². The number of carbonyl (C=O) groups excluding carboxylic acids is 1. The van der Waals surface area contributed by atoms with E-state index in [2.05, 4.69) is 12.5 Å². The van der Waals surface area contributed by atoms with E-state index in [0.717, 1.165) is 6.08 Å². The zero-order chi connectivity index (χ0) is 13.6. The molecule has 0 fully saturated rings. The summed E-state index contributed by atoms with van der Waals surface area (Å²) in [6, 6.07) is 8.31. The average molecular weight is 253 g/mol. The molecule has 94 valence electrons. The molecule has 0 saturated heterocycles. The van der Waals surface area contributed by atoms with Gasteiger partial charge >= 0.3 is 12.2 Å². The Kier molecular flexibility index (Phi) is 4.55. The Labute approximate surface area is 103 Å². The highest BCUT2D eigenvalue weighted by atomic mass is 19.4. The molecule has 0 aromatic heterocycles. The minimum absolute atomic E-state index is 0.296. The highest BCUT2D eigenvalue weighted by Crippen LogP contribution is 2.20. The monoisotopic (exact) mass is 253 g/mol. The summed E-state index contributed by atoms with van der Waals surface area (Å²) in [6.45, 7) is 2.55. The molecule has 1 aromatic rings. The van der Waals surface area contributed by atoms with Crippen LogP contribution >= 0.6 is 0 Å². The number of hydrogen-bond donors (Lipinski definition) is 0. The van der Waals surface area contributed by atoms with Crippen LogP contribution in [0.4, 0.5) is 13.2 Å². The van der Waals surface area contributed by atoms with E-state index in [1.165, 1.54) is 0 Å². The first-order valence-electron chi connectivity index (χ1n) is 5.01. The Hall–Kier alpha value is -2.22. The molecule has 0 unspecified atom stereocenters. The first-order valence-corrected chi connectivity index (χ1v) is 5.01. The molecule has 0 aliphatic heterocycles. The number of benzene rings is 1. The number of alkyl halides is 3. The van der Waals surface area contributed by atoms with Gasteiger partial charge in [0.25, 0.3) is 0 Å². The van der Waals surface area contributed by atoms with Crippen LogP contribution in [-0.4, -0.2) is 23.7 Å². The van der Waals surface area contributed by atoms with E-state index in [1.54, 1.807) is 30.3 Å². The summed E-state index contributed by atoms with van der Waals surface area (Å²) in [5, 5.41) is 0. The number of carbonyl (C=O) groups is 1. The first kappa shape index (κ1) is 13.8. The fourth-order valence-corrected chi connectivity index (χ4v) is 1.15. The van der Waals surface area contributed by atoms with E-state index >= 15 is 0 Å². The third-order valence-corrected chi connectivity index (χ3v) is 1.95. The van der Waals surface area contributed by atoms with E-state index in [-0.39, 0.29) is 4.90 Å². The highest BCUT2D eigenvalue weighted by Gasteiger charge is 2.39. The smallest absolute Gasteiger partial charge is 0.259 e. The lowest BCUT2D eigenvalue weighted by molar-refractivity contribution is -0.234. The molecule has 0 heterocycles. The van der Waals surface area contributed by atoms with Gasteiger partial charge in [-0.15, -0.1) is 19.8 Å². The number of amides is 1. The second-order valence-corrected chi connectivity index (χ2v) is 3.29. The Morgan fingerprint density at radius 1 is 1.33 bits per heavy atom. The van der Waals surface area contributed by atoms with Crippen molar-refractivity contribution in [2.75, 3.05) is 6.54 Å². The lowest BCUT2D eigenvalue weighted by atomic mass is 10.2. The molecule has 0 aliphatic rings. The van der Waals surface area contributed by atoms with Crippen molar-refractivity contribution in [3.05, 3.63) is 48.6 Å². The van der Waals surface area contributed by atoms with Gasteiger partial charge in [-0.1, -0.05) is 30.2 Å². The number of nitrogens with zero attached hydrogens (tertiary/aromatic N) is 1. The van der Waals surface area contributed by atoms with Crippen LogP contribution in [0, 0.1) is 11.8 Å². The van der Waals surface area contributed by atoms with Gasteiger partial charge in [-0.05, 0) is 12.1 Å². The largest absolute Gasteiger partial charge is 0.488 e. The fraction of sp³-hybridized carbons (Fsp3) is 0.154. The Balaban J connectivity index is 2.87. The summed E-state index contributed by atoms with van der Waals surface area (Å²) in [5.41, 5.74) is 0.478. The summed E-state index contributed by atoms with van der Waals surface area (Å²) in [5.74, 6) is 3.04. The molecule has 0 N–H and O–H groups in total. The summed E-state index contributed by atoms with van der Waals surface area (Å²) < 4.78 is 37.4. The van der Waals surface area contributed by atoms with E-state index in [1.807, 2.05) is 5.92 Å². The van der Waals surface area contributed by atoms with Crippen LogP contribution in [0.25, 0.3) is 0 Å². The number of halogens is 3. The lowest BCUT2D eigenvalue weighted by Gasteiger charge is -2.20. The van der Waals surface area contributed by atoms with Gasteiger partial charge in [0.05, 0.1) is 0 Å². The molecule has 1 amide bonds. The molecular weight excluding hydrogens is 243 g/mol. The average Bonchev–Trinajstić information content (AvgIpc) is 2.33. The maximum Gasteiger partial charge on any atom is 0.488 e. The molecule has 2 nitrogen and oxygen atoms in total. The fourth-order valence-electron chi connectivity index (χ4n) is 1.15. The van der Waals surface area contributed by atoms with Gasteiger partial charge in [0.1, 0.15) is 0 Å². The lowest BCUT2D eigenvalue weighted by Crippen LogP contribution is -2.42. The van der Waals surface area contributed by atoms with Gasteiger partial charge < -0.3 is 0 Å². The second kappa shape index (κ2) is 5.92. The van der Waals surface area contributed by atoms with Crippen molar-refractivity contribution in [3.8, 4) is 11.8 Å². The van der Waals surface area contributed by atoms with E-state index in [9.17, 15) is 18.0 Å². The molecule has 1 aromatic carbocycles. The third-order valence-electron chi connectivity index (χ3n) is 1.95. The maximum atomic E-state index is 12.5.